The Labute approximate surface area is 70.9 Å². The second kappa shape index (κ2) is 5.22. The zero-order valence-corrected chi connectivity index (χ0v) is 8.44. The summed E-state index contributed by atoms with van der Waals surface area (Å²) in [4.78, 5) is 0. The van der Waals surface area contributed by atoms with Gasteiger partial charge in [-0.25, -0.2) is 0 Å². The van der Waals surface area contributed by atoms with E-state index in [2.05, 4.69) is 46.0 Å². The lowest BCUT2D eigenvalue weighted by molar-refractivity contribution is 0.417. The van der Waals surface area contributed by atoms with Crippen LogP contribution in [0.25, 0.3) is 0 Å². The summed E-state index contributed by atoms with van der Waals surface area (Å²) >= 11 is 0. The summed E-state index contributed by atoms with van der Waals surface area (Å²) in [5, 5.41) is 3.44. The van der Waals surface area contributed by atoms with E-state index in [-0.39, 0.29) is 0 Å². The average Bonchev–Trinajstić information content (AvgIpc) is 2.02. The molecule has 11 heavy (non-hydrogen) atoms. The van der Waals surface area contributed by atoms with Crippen molar-refractivity contribution in [2.45, 2.75) is 47.1 Å². The van der Waals surface area contributed by atoms with Gasteiger partial charge in [-0.1, -0.05) is 26.3 Å². The summed E-state index contributed by atoms with van der Waals surface area (Å²) in [5.74, 6) is 0.755. The lowest BCUT2D eigenvalue weighted by Gasteiger charge is -2.21. The van der Waals surface area contributed by atoms with Gasteiger partial charge in [0.2, 0.25) is 0 Å². The fourth-order valence-corrected chi connectivity index (χ4v) is 0.938. The van der Waals surface area contributed by atoms with Gasteiger partial charge in [-0.05, 0) is 26.7 Å². The molecule has 0 aromatic heterocycles. The molecule has 0 aromatic carbocycles. The highest BCUT2D eigenvalue weighted by Crippen LogP contribution is 2.07. The number of hydrogen-bond donors (Lipinski definition) is 1. The third kappa shape index (κ3) is 4.07. The van der Waals surface area contributed by atoms with Crippen molar-refractivity contribution in [3.8, 4) is 0 Å². The Morgan fingerprint density at radius 1 is 1.45 bits per heavy atom. The molecule has 0 aliphatic heterocycles. The van der Waals surface area contributed by atoms with Crippen LogP contribution in [-0.2, 0) is 0 Å². The first kappa shape index (κ1) is 10.5. The highest BCUT2D eigenvalue weighted by Gasteiger charge is 2.08. The van der Waals surface area contributed by atoms with E-state index in [4.69, 9.17) is 0 Å². The normalized spacial score (nSPS) is 17.7. The van der Waals surface area contributed by atoms with Crippen LogP contribution in [0.1, 0.15) is 41.0 Å². The molecular weight excluding hydrogens is 134 g/mol. The highest BCUT2D eigenvalue weighted by molar-refractivity contribution is 4.94. The van der Waals surface area contributed by atoms with Gasteiger partial charge in [-0.15, -0.1) is 0 Å². The standard InChI is InChI=1S/C10H21N/c1-6-8(3)10(5)11-9(4)7-2/h7-8,10-11H,6H2,1-5H3/b9-7-. The molecule has 2 unspecified atom stereocenters. The van der Waals surface area contributed by atoms with Crippen LogP contribution in [0.3, 0.4) is 0 Å². The SMILES string of the molecule is C/C=C(/C)NC(C)C(C)CC. The molecule has 0 saturated heterocycles. The number of nitrogens with one attached hydrogen (secondary N) is 1. The minimum Gasteiger partial charge on any atom is -0.386 e. The molecule has 0 saturated carbocycles. The van der Waals surface area contributed by atoms with Gasteiger partial charge in [0.15, 0.2) is 0 Å². The molecule has 0 rings (SSSR count). The van der Waals surface area contributed by atoms with Crippen molar-refractivity contribution in [2.24, 2.45) is 5.92 Å². The van der Waals surface area contributed by atoms with Gasteiger partial charge in [0, 0.05) is 11.7 Å². The Kier molecular flexibility index (Phi) is 5.01. The molecular formula is C10H21N. The van der Waals surface area contributed by atoms with E-state index >= 15 is 0 Å². The van der Waals surface area contributed by atoms with E-state index in [1.54, 1.807) is 0 Å². The third-order valence-electron chi connectivity index (χ3n) is 2.39. The van der Waals surface area contributed by atoms with Crippen LogP contribution in [0.15, 0.2) is 11.8 Å². The molecule has 0 heterocycles. The van der Waals surface area contributed by atoms with Crippen molar-refractivity contribution in [1.82, 2.24) is 5.32 Å². The van der Waals surface area contributed by atoms with Crippen LogP contribution in [0.4, 0.5) is 0 Å². The van der Waals surface area contributed by atoms with Crippen LogP contribution in [0, 0.1) is 5.92 Å². The minimum atomic E-state index is 0.594. The number of rotatable bonds is 4. The van der Waals surface area contributed by atoms with Gasteiger partial charge in [-0.2, -0.15) is 0 Å². The second-order valence-electron chi connectivity index (χ2n) is 3.29. The van der Waals surface area contributed by atoms with Gasteiger partial charge in [0.05, 0.1) is 0 Å². The zero-order valence-electron chi connectivity index (χ0n) is 8.44. The van der Waals surface area contributed by atoms with E-state index in [0.29, 0.717) is 6.04 Å². The molecule has 0 aliphatic rings. The predicted molar refractivity (Wildman–Crippen MR) is 51.5 cm³/mol. The Morgan fingerprint density at radius 3 is 2.36 bits per heavy atom. The van der Waals surface area contributed by atoms with E-state index in [1.807, 2.05) is 0 Å². The first-order valence-electron chi connectivity index (χ1n) is 4.51. The third-order valence-corrected chi connectivity index (χ3v) is 2.39. The highest BCUT2D eigenvalue weighted by atomic mass is 14.9. The quantitative estimate of drug-likeness (QED) is 0.658. The molecule has 0 spiro atoms. The number of hydrogen-bond acceptors (Lipinski definition) is 1. The molecule has 0 amide bonds. The molecule has 0 radical (unpaired) electrons. The smallest absolute Gasteiger partial charge is 0.0255 e. The molecule has 1 N–H and O–H groups in total. The summed E-state index contributed by atoms with van der Waals surface area (Å²) in [5.41, 5.74) is 1.28. The van der Waals surface area contributed by atoms with E-state index in [0.717, 1.165) is 5.92 Å². The Morgan fingerprint density at radius 2 is 2.00 bits per heavy atom. The topological polar surface area (TPSA) is 12.0 Å². The van der Waals surface area contributed by atoms with Crippen molar-refractivity contribution < 1.29 is 0 Å². The van der Waals surface area contributed by atoms with Gasteiger partial charge in [0.25, 0.3) is 0 Å². The molecule has 66 valence electrons. The lowest BCUT2D eigenvalue weighted by atomic mass is 10.0. The summed E-state index contributed by atoms with van der Waals surface area (Å²) in [6.45, 7) is 10.9. The van der Waals surface area contributed by atoms with Crippen LogP contribution in [0.5, 0.6) is 0 Å². The molecule has 2 atom stereocenters. The fourth-order valence-electron chi connectivity index (χ4n) is 0.938. The minimum absolute atomic E-state index is 0.594. The monoisotopic (exact) mass is 155 g/mol. The lowest BCUT2D eigenvalue weighted by Crippen LogP contribution is -2.30. The Balaban J connectivity index is 3.76. The van der Waals surface area contributed by atoms with Crippen molar-refractivity contribution >= 4 is 0 Å². The summed E-state index contributed by atoms with van der Waals surface area (Å²) in [7, 11) is 0. The van der Waals surface area contributed by atoms with Gasteiger partial charge in [0.1, 0.15) is 0 Å². The second-order valence-corrected chi connectivity index (χ2v) is 3.29. The van der Waals surface area contributed by atoms with E-state index in [9.17, 15) is 0 Å². The van der Waals surface area contributed by atoms with Crippen LogP contribution in [-0.4, -0.2) is 6.04 Å². The van der Waals surface area contributed by atoms with Crippen molar-refractivity contribution in [3.05, 3.63) is 11.8 Å². The molecule has 1 heteroatoms. The largest absolute Gasteiger partial charge is 0.386 e. The Hall–Kier alpha value is -0.460. The zero-order chi connectivity index (χ0) is 8.85. The molecule has 0 bridgehead atoms. The summed E-state index contributed by atoms with van der Waals surface area (Å²) in [6, 6.07) is 0.594. The number of allylic oxidation sites excluding steroid dienone is 2. The van der Waals surface area contributed by atoms with Crippen LogP contribution in [0.2, 0.25) is 0 Å². The van der Waals surface area contributed by atoms with Crippen molar-refractivity contribution in [2.75, 3.05) is 0 Å². The van der Waals surface area contributed by atoms with E-state index in [1.165, 1.54) is 12.1 Å². The first-order valence-corrected chi connectivity index (χ1v) is 4.51. The van der Waals surface area contributed by atoms with Gasteiger partial charge < -0.3 is 5.32 Å². The first-order chi connectivity index (χ1) is 5.11. The van der Waals surface area contributed by atoms with Crippen molar-refractivity contribution in [3.63, 3.8) is 0 Å². The van der Waals surface area contributed by atoms with Crippen molar-refractivity contribution in [1.29, 1.82) is 0 Å². The fraction of sp³-hybridized carbons (Fsp3) is 0.800. The molecule has 0 fully saturated rings. The maximum absolute atomic E-state index is 3.44. The van der Waals surface area contributed by atoms with Crippen LogP contribution < -0.4 is 5.32 Å². The summed E-state index contributed by atoms with van der Waals surface area (Å²) in [6.07, 6.45) is 3.35. The molecule has 0 aliphatic carbocycles. The van der Waals surface area contributed by atoms with Gasteiger partial charge in [-0.3, -0.25) is 0 Å². The Bertz CT molecular complexity index is 127. The van der Waals surface area contributed by atoms with Gasteiger partial charge >= 0.3 is 0 Å². The molecule has 0 aromatic rings. The summed E-state index contributed by atoms with van der Waals surface area (Å²) < 4.78 is 0. The van der Waals surface area contributed by atoms with Crippen LogP contribution >= 0.6 is 0 Å². The molecule has 1 nitrogen and oxygen atoms in total. The predicted octanol–water partition coefficient (Wildman–Crippen LogP) is 2.93. The van der Waals surface area contributed by atoms with E-state index < -0.39 is 0 Å². The maximum atomic E-state index is 3.44. The average molecular weight is 155 g/mol. The maximum Gasteiger partial charge on any atom is 0.0255 e.